The Kier molecular flexibility index (Phi) is 6.23. The Labute approximate surface area is 163 Å². The number of hydrogen-bond acceptors (Lipinski definition) is 3. The van der Waals surface area contributed by atoms with Crippen molar-refractivity contribution in [2.45, 2.75) is 51.5 Å². The van der Waals surface area contributed by atoms with Crippen LogP contribution in [0.1, 0.15) is 55.3 Å². The third-order valence-corrected chi connectivity index (χ3v) is 7.68. The highest BCUT2D eigenvalue weighted by molar-refractivity contribution is 7.86. The van der Waals surface area contributed by atoms with Gasteiger partial charge >= 0.3 is 0 Å². The molecule has 1 aromatic rings. The molecule has 1 saturated heterocycles. The van der Waals surface area contributed by atoms with Crippen molar-refractivity contribution in [2.24, 2.45) is 5.92 Å². The van der Waals surface area contributed by atoms with Crippen LogP contribution in [0.4, 0.5) is 0 Å². The Hall–Kier alpha value is -1.44. The summed E-state index contributed by atoms with van der Waals surface area (Å²) in [6.45, 7) is 2.73. The van der Waals surface area contributed by atoms with E-state index in [1.54, 1.807) is 0 Å². The number of carbonyl (C=O) groups excluding carboxylic acids is 1. The third kappa shape index (κ3) is 4.52. The van der Waals surface area contributed by atoms with E-state index >= 15 is 0 Å². The van der Waals surface area contributed by atoms with Gasteiger partial charge in [0.05, 0.1) is 12.0 Å². The summed E-state index contributed by atoms with van der Waals surface area (Å²) in [6, 6.07) is 6.45. The molecule has 1 fully saturated rings. The van der Waals surface area contributed by atoms with Gasteiger partial charge in [-0.15, -0.1) is 0 Å². The molecule has 0 unspecified atom stereocenters. The molecule has 27 heavy (non-hydrogen) atoms. The average Bonchev–Trinajstić information content (AvgIpc) is 2.67. The van der Waals surface area contributed by atoms with Gasteiger partial charge < -0.3 is 5.32 Å². The number of rotatable bonds is 5. The van der Waals surface area contributed by atoms with E-state index in [0.717, 1.165) is 24.8 Å². The lowest BCUT2D eigenvalue weighted by Gasteiger charge is -2.33. The Morgan fingerprint density at radius 1 is 1.19 bits per heavy atom. The van der Waals surface area contributed by atoms with E-state index in [4.69, 9.17) is 0 Å². The number of piperidine rings is 1. The van der Waals surface area contributed by atoms with Crippen molar-refractivity contribution >= 4 is 16.1 Å². The molecule has 1 amide bonds. The van der Waals surface area contributed by atoms with Crippen LogP contribution >= 0.6 is 0 Å². The molecule has 6 nitrogen and oxygen atoms in total. The van der Waals surface area contributed by atoms with Crippen molar-refractivity contribution in [3.63, 3.8) is 0 Å². The summed E-state index contributed by atoms with van der Waals surface area (Å²) in [7, 11) is -0.421. The highest BCUT2D eigenvalue weighted by atomic mass is 32.2. The Morgan fingerprint density at radius 3 is 2.59 bits per heavy atom. The van der Waals surface area contributed by atoms with E-state index in [1.165, 1.54) is 46.7 Å². The van der Waals surface area contributed by atoms with Gasteiger partial charge in [-0.2, -0.15) is 17.0 Å². The van der Waals surface area contributed by atoms with Gasteiger partial charge in [-0.3, -0.25) is 4.79 Å². The van der Waals surface area contributed by atoms with Crippen molar-refractivity contribution in [1.82, 2.24) is 13.9 Å². The summed E-state index contributed by atoms with van der Waals surface area (Å²) < 4.78 is 27.3. The van der Waals surface area contributed by atoms with E-state index in [9.17, 15) is 13.2 Å². The topological polar surface area (TPSA) is 69.7 Å². The zero-order valence-corrected chi connectivity index (χ0v) is 17.4. The first kappa shape index (κ1) is 20.3. The van der Waals surface area contributed by atoms with Crippen molar-refractivity contribution in [2.75, 3.05) is 27.2 Å². The van der Waals surface area contributed by atoms with E-state index in [2.05, 4.69) is 23.5 Å². The number of nitrogens with zero attached hydrogens (tertiary/aromatic N) is 2. The maximum absolute atomic E-state index is 12.8. The molecule has 1 heterocycles. The third-order valence-electron chi connectivity index (χ3n) is 5.77. The molecule has 0 spiro atoms. The Balaban J connectivity index is 1.64. The summed E-state index contributed by atoms with van der Waals surface area (Å²) in [5.41, 5.74) is 3.96. The molecular formula is C20H31N3O3S. The summed E-state index contributed by atoms with van der Waals surface area (Å²) >= 11 is 0. The fraction of sp³-hybridized carbons (Fsp3) is 0.650. The Bertz CT molecular complexity index is 792. The minimum Gasteiger partial charge on any atom is -0.349 e. The summed E-state index contributed by atoms with van der Waals surface area (Å²) in [5.74, 6) is -0.354. The van der Waals surface area contributed by atoms with E-state index in [1.807, 2.05) is 6.92 Å². The number of nitrogens with one attached hydrogen (secondary N) is 1. The molecule has 0 radical (unpaired) electrons. The van der Waals surface area contributed by atoms with Crippen molar-refractivity contribution in [3.8, 4) is 0 Å². The molecule has 0 saturated carbocycles. The predicted octanol–water partition coefficient (Wildman–Crippen LogP) is 2.26. The largest absolute Gasteiger partial charge is 0.349 e. The minimum absolute atomic E-state index is 0.0566. The first-order chi connectivity index (χ1) is 12.8. The van der Waals surface area contributed by atoms with Gasteiger partial charge in [0, 0.05) is 27.2 Å². The van der Waals surface area contributed by atoms with Crippen LogP contribution in [0.3, 0.4) is 0 Å². The van der Waals surface area contributed by atoms with Crippen LogP contribution in [0.25, 0.3) is 0 Å². The lowest BCUT2D eigenvalue weighted by molar-refractivity contribution is -0.126. The molecule has 1 N–H and O–H groups in total. The highest BCUT2D eigenvalue weighted by Crippen LogP contribution is 2.26. The van der Waals surface area contributed by atoms with Crippen LogP contribution in [-0.4, -0.2) is 50.1 Å². The number of amides is 1. The van der Waals surface area contributed by atoms with E-state index in [-0.39, 0.29) is 24.4 Å². The summed E-state index contributed by atoms with van der Waals surface area (Å²) in [6.07, 6.45) is 6.18. The van der Waals surface area contributed by atoms with Crippen LogP contribution in [0, 0.1) is 5.92 Å². The fourth-order valence-electron chi connectivity index (χ4n) is 4.03. The van der Waals surface area contributed by atoms with Gasteiger partial charge in [0.15, 0.2) is 0 Å². The van der Waals surface area contributed by atoms with Crippen LogP contribution in [-0.2, 0) is 27.8 Å². The second-order valence-electron chi connectivity index (χ2n) is 7.95. The maximum Gasteiger partial charge on any atom is 0.281 e. The normalized spacial score (nSPS) is 22.3. The zero-order chi connectivity index (χ0) is 19.6. The van der Waals surface area contributed by atoms with E-state index in [0.29, 0.717) is 13.0 Å². The number of fused-ring (bicyclic) bond motifs is 1. The van der Waals surface area contributed by atoms with Gasteiger partial charge in [0.1, 0.15) is 0 Å². The van der Waals surface area contributed by atoms with Gasteiger partial charge in [-0.1, -0.05) is 18.2 Å². The lowest BCUT2D eigenvalue weighted by Crippen LogP contribution is -2.49. The van der Waals surface area contributed by atoms with Crippen molar-refractivity contribution < 1.29 is 13.2 Å². The molecular weight excluding hydrogens is 362 g/mol. The molecule has 2 atom stereocenters. The Morgan fingerprint density at radius 2 is 1.89 bits per heavy atom. The van der Waals surface area contributed by atoms with Gasteiger partial charge in [-0.05, 0) is 62.1 Å². The molecule has 150 valence electrons. The summed E-state index contributed by atoms with van der Waals surface area (Å²) in [4.78, 5) is 12.8. The molecule has 0 aromatic heterocycles. The second-order valence-corrected chi connectivity index (χ2v) is 10.1. The van der Waals surface area contributed by atoms with Crippen molar-refractivity contribution in [3.05, 3.63) is 34.9 Å². The number of aryl methyl sites for hydroxylation is 2. The molecule has 1 aliphatic heterocycles. The quantitative estimate of drug-likeness (QED) is 0.834. The van der Waals surface area contributed by atoms with Gasteiger partial charge in [-0.25, -0.2) is 0 Å². The molecule has 3 rings (SSSR count). The number of hydrogen-bond donors (Lipinski definition) is 1. The SMILES string of the molecule is C[C@@H](NC(=O)[C@@H]1CCCN(S(=O)(=O)N(C)C)C1)c1ccc2c(c1)CCCC2. The van der Waals surface area contributed by atoms with Crippen molar-refractivity contribution in [1.29, 1.82) is 0 Å². The maximum atomic E-state index is 12.8. The molecule has 2 aliphatic rings. The standard InChI is InChI=1S/C20H31N3O3S/c1-15(17-11-10-16-7-4-5-8-18(16)13-17)21-20(24)19-9-6-12-23(14-19)27(25,26)22(2)3/h10-11,13,15,19H,4-9,12,14H2,1-3H3,(H,21,24)/t15-,19-/m1/s1. The van der Waals surface area contributed by atoms with Crippen LogP contribution in [0.15, 0.2) is 18.2 Å². The number of carbonyl (C=O) groups is 1. The zero-order valence-electron chi connectivity index (χ0n) is 16.6. The minimum atomic E-state index is -3.47. The molecule has 0 bridgehead atoms. The molecule has 7 heteroatoms. The fourth-order valence-corrected chi connectivity index (χ4v) is 5.22. The van der Waals surface area contributed by atoms with Crippen LogP contribution in [0.2, 0.25) is 0 Å². The number of benzene rings is 1. The highest BCUT2D eigenvalue weighted by Gasteiger charge is 2.33. The second kappa shape index (κ2) is 8.29. The van der Waals surface area contributed by atoms with Gasteiger partial charge in [0.25, 0.3) is 10.2 Å². The van der Waals surface area contributed by atoms with Crippen LogP contribution < -0.4 is 5.32 Å². The van der Waals surface area contributed by atoms with Crippen LogP contribution in [0.5, 0.6) is 0 Å². The smallest absolute Gasteiger partial charge is 0.281 e. The monoisotopic (exact) mass is 393 g/mol. The first-order valence-electron chi connectivity index (χ1n) is 9.88. The average molecular weight is 394 g/mol. The predicted molar refractivity (Wildman–Crippen MR) is 107 cm³/mol. The van der Waals surface area contributed by atoms with E-state index < -0.39 is 10.2 Å². The lowest BCUT2D eigenvalue weighted by atomic mass is 9.89. The summed E-state index contributed by atoms with van der Waals surface area (Å²) in [5, 5.41) is 3.10. The van der Waals surface area contributed by atoms with Gasteiger partial charge in [0.2, 0.25) is 5.91 Å². The molecule has 1 aromatic carbocycles. The molecule has 1 aliphatic carbocycles. The first-order valence-corrected chi connectivity index (χ1v) is 11.3.